The van der Waals surface area contributed by atoms with Crippen LogP contribution in [0.25, 0.3) is 0 Å². The molecular formula is C15H13BrFNO3. The molecule has 2 aromatic rings. The predicted octanol–water partition coefficient (Wildman–Crippen LogP) is 3.29. The summed E-state index contributed by atoms with van der Waals surface area (Å²) >= 11 is 3.23. The van der Waals surface area contributed by atoms with Crippen LogP contribution in [0, 0.1) is 5.82 Å². The largest absolute Gasteiger partial charge is 0.480 e. The molecular weight excluding hydrogens is 341 g/mol. The van der Waals surface area contributed by atoms with Crippen molar-refractivity contribution in [1.29, 1.82) is 0 Å². The molecule has 0 atom stereocenters. The number of rotatable bonds is 5. The summed E-state index contributed by atoms with van der Waals surface area (Å²) in [5.41, 5.74) is 6.40. The van der Waals surface area contributed by atoms with Gasteiger partial charge in [0.15, 0.2) is 6.61 Å². The number of hydrogen-bond donors (Lipinski definition) is 1. The molecule has 0 saturated heterocycles. The second-order valence-corrected chi connectivity index (χ2v) is 5.14. The number of ether oxygens (including phenoxy) is 2. The van der Waals surface area contributed by atoms with Crippen molar-refractivity contribution in [2.75, 3.05) is 12.3 Å². The van der Waals surface area contributed by atoms with Crippen molar-refractivity contribution in [3.8, 4) is 5.75 Å². The van der Waals surface area contributed by atoms with E-state index in [0.717, 1.165) is 0 Å². The predicted molar refractivity (Wildman–Crippen MR) is 80.2 cm³/mol. The summed E-state index contributed by atoms with van der Waals surface area (Å²) in [6.07, 6.45) is 0. The summed E-state index contributed by atoms with van der Waals surface area (Å²) in [4.78, 5) is 11.6. The Kier molecular flexibility index (Phi) is 5.16. The van der Waals surface area contributed by atoms with Crippen molar-refractivity contribution in [3.05, 3.63) is 58.3 Å². The van der Waals surface area contributed by atoms with Gasteiger partial charge in [-0.15, -0.1) is 0 Å². The lowest BCUT2D eigenvalue weighted by Crippen LogP contribution is -2.15. The first-order chi connectivity index (χ1) is 10.1. The third-order valence-electron chi connectivity index (χ3n) is 2.66. The van der Waals surface area contributed by atoms with E-state index in [1.807, 2.05) is 0 Å². The molecule has 0 bridgehead atoms. The summed E-state index contributed by atoms with van der Waals surface area (Å²) in [5.74, 6) is -0.625. The normalized spacial score (nSPS) is 10.2. The van der Waals surface area contributed by atoms with Gasteiger partial charge in [-0.1, -0.05) is 28.1 Å². The molecule has 0 aliphatic carbocycles. The molecule has 2 aromatic carbocycles. The number of nitrogen functional groups attached to an aromatic ring is 1. The maximum atomic E-state index is 13.5. The van der Waals surface area contributed by atoms with Gasteiger partial charge < -0.3 is 15.2 Å². The number of benzene rings is 2. The van der Waals surface area contributed by atoms with Gasteiger partial charge in [-0.25, -0.2) is 9.18 Å². The highest BCUT2D eigenvalue weighted by Crippen LogP contribution is 2.20. The van der Waals surface area contributed by atoms with Crippen molar-refractivity contribution in [2.24, 2.45) is 0 Å². The number of nitrogens with two attached hydrogens (primary N) is 1. The maximum Gasteiger partial charge on any atom is 0.344 e. The van der Waals surface area contributed by atoms with E-state index in [-0.39, 0.29) is 18.8 Å². The fraction of sp³-hybridized carbons (Fsp3) is 0.133. The van der Waals surface area contributed by atoms with Crippen LogP contribution in [-0.4, -0.2) is 12.6 Å². The molecule has 0 radical (unpaired) electrons. The number of carbonyl (C=O) groups is 1. The monoisotopic (exact) mass is 353 g/mol. The van der Waals surface area contributed by atoms with Crippen LogP contribution in [0.3, 0.4) is 0 Å². The van der Waals surface area contributed by atoms with Gasteiger partial charge in [-0.2, -0.15) is 0 Å². The zero-order chi connectivity index (χ0) is 15.2. The molecule has 2 N–H and O–H groups in total. The maximum absolute atomic E-state index is 13.5. The van der Waals surface area contributed by atoms with Gasteiger partial charge in [0.2, 0.25) is 0 Å². The number of halogens is 2. The van der Waals surface area contributed by atoms with Crippen molar-refractivity contribution < 1.29 is 18.7 Å². The average molecular weight is 354 g/mol. The zero-order valence-corrected chi connectivity index (χ0v) is 12.6. The van der Waals surface area contributed by atoms with E-state index in [9.17, 15) is 9.18 Å². The molecule has 0 saturated carbocycles. The smallest absolute Gasteiger partial charge is 0.344 e. The topological polar surface area (TPSA) is 61.5 Å². The molecule has 0 aliphatic rings. The Labute approximate surface area is 129 Å². The lowest BCUT2D eigenvalue weighted by Gasteiger charge is -2.09. The molecule has 110 valence electrons. The van der Waals surface area contributed by atoms with E-state index in [2.05, 4.69) is 15.9 Å². The van der Waals surface area contributed by atoms with Gasteiger partial charge >= 0.3 is 5.97 Å². The second kappa shape index (κ2) is 7.08. The van der Waals surface area contributed by atoms with E-state index in [4.69, 9.17) is 15.2 Å². The Morgan fingerprint density at radius 2 is 2.00 bits per heavy atom. The molecule has 0 aliphatic heterocycles. The van der Waals surface area contributed by atoms with Gasteiger partial charge in [-0.05, 0) is 30.3 Å². The van der Waals surface area contributed by atoms with E-state index in [0.29, 0.717) is 15.9 Å². The first-order valence-electron chi connectivity index (χ1n) is 6.13. The number of anilines is 1. The van der Waals surface area contributed by atoms with Gasteiger partial charge in [0, 0.05) is 10.0 Å². The molecule has 4 nitrogen and oxygen atoms in total. The fourth-order valence-corrected chi connectivity index (χ4v) is 2.01. The number of para-hydroxylation sites is 2. The van der Waals surface area contributed by atoms with Crippen molar-refractivity contribution in [1.82, 2.24) is 0 Å². The minimum absolute atomic E-state index is 0.155. The van der Waals surface area contributed by atoms with Gasteiger partial charge in [-0.3, -0.25) is 0 Å². The van der Waals surface area contributed by atoms with Crippen LogP contribution < -0.4 is 10.5 Å². The Balaban J connectivity index is 1.85. The Morgan fingerprint density at radius 1 is 1.24 bits per heavy atom. The minimum Gasteiger partial charge on any atom is -0.480 e. The minimum atomic E-state index is -0.599. The lowest BCUT2D eigenvalue weighted by atomic mass is 10.2. The SMILES string of the molecule is Nc1ccccc1OCC(=O)OCc1cc(Br)ccc1F. The van der Waals surface area contributed by atoms with Gasteiger partial charge in [0.25, 0.3) is 0 Å². The molecule has 21 heavy (non-hydrogen) atoms. The highest BCUT2D eigenvalue weighted by Gasteiger charge is 2.09. The van der Waals surface area contributed by atoms with E-state index in [1.54, 1.807) is 36.4 Å². The van der Waals surface area contributed by atoms with Crippen molar-refractivity contribution >= 4 is 27.6 Å². The summed E-state index contributed by atoms with van der Waals surface area (Å²) in [6, 6.07) is 11.2. The van der Waals surface area contributed by atoms with E-state index in [1.165, 1.54) is 6.07 Å². The zero-order valence-electron chi connectivity index (χ0n) is 11.0. The van der Waals surface area contributed by atoms with E-state index >= 15 is 0 Å². The fourth-order valence-electron chi connectivity index (χ4n) is 1.60. The van der Waals surface area contributed by atoms with Crippen LogP contribution in [0.15, 0.2) is 46.9 Å². The van der Waals surface area contributed by atoms with Crippen LogP contribution in [-0.2, 0) is 16.1 Å². The molecule has 0 spiro atoms. The average Bonchev–Trinajstić information content (AvgIpc) is 2.47. The third-order valence-corrected chi connectivity index (χ3v) is 3.15. The van der Waals surface area contributed by atoms with Crippen molar-refractivity contribution in [3.63, 3.8) is 0 Å². The third kappa shape index (κ3) is 4.46. The number of carbonyl (C=O) groups excluding carboxylic acids is 1. The molecule has 2 rings (SSSR count). The molecule has 0 unspecified atom stereocenters. The quantitative estimate of drug-likeness (QED) is 0.661. The Bertz CT molecular complexity index is 649. The van der Waals surface area contributed by atoms with Crippen LogP contribution in [0.4, 0.5) is 10.1 Å². The Hall–Kier alpha value is -2.08. The van der Waals surface area contributed by atoms with Crippen LogP contribution in [0.1, 0.15) is 5.56 Å². The molecule has 0 aromatic heterocycles. The van der Waals surface area contributed by atoms with Crippen LogP contribution in [0.2, 0.25) is 0 Å². The van der Waals surface area contributed by atoms with Crippen LogP contribution in [0.5, 0.6) is 5.75 Å². The van der Waals surface area contributed by atoms with Gasteiger partial charge in [0.1, 0.15) is 18.2 Å². The van der Waals surface area contributed by atoms with Crippen LogP contribution >= 0.6 is 15.9 Å². The second-order valence-electron chi connectivity index (χ2n) is 4.22. The van der Waals surface area contributed by atoms with Crippen molar-refractivity contribution in [2.45, 2.75) is 6.61 Å². The highest BCUT2D eigenvalue weighted by molar-refractivity contribution is 9.10. The Morgan fingerprint density at radius 3 is 2.76 bits per heavy atom. The summed E-state index contributed by atoms with van der Waals surface area (Å²) in [5, 5.41) is 0. The molecule has 0 heterocycles. The standard InChI is InChI=1S/C15H13BrFNO3/c16-11-5-6-12(17)10(7-11)8-21-15(19)9-20-14-4-2-1-3-13(14)18/h1-7H,8-9,18H2. The first-order valence-corrected chi connectivity index (χ1v) is 6.92. The number of esters is 1. The summed E-state index contributed by atoms with van der Waals surface area (Å²) < 4.78 is 24.4. The lowest BCUT2D eigenvalue weighted by molar-refractivity contribution is -0.147. The first kappa shape index (κ1) is 15.3. The molecule has 0 fully saturated rings. The van der Waals surface area contributed by atoms with E-state index < -0.39 is 11.8 Å². The molecule has 6 heteroatoms. The summed E-state index contributed by atoms with van der Waals surface area (Å²) in [7, 11) is 0. The number of hydrogen-bond acceptors (Lipinski definition) is 4. The van der Waals surface area contributed by atoms with Gasteiger partial charge in [0.05, 0.1) is 5.69 Å². The highest BCUT2D eigenvalue weighted by atomic mass is 79.9. The summed E-state index contributed by atoms with van der Waals surface area (Å²) in [6.45, 7) is -0.443. The molecule has 0 amide bonds.